The van der Waals surface area contributed by atoms with Gasteiger partial charge in [-0.15, -0.1) is 0 Å². The molecule has 3 aliphatic rings. The van der Waals surface area contributed by atoms with Crippen molar-refractivity contribution in [3.8, 4) is 11.5 Å². The van der Waals surface area contributed by atoms with Crippen molar-refractivity contribution in [2.45, 2.75) is 63.9 Å². The van der Waals surface area contributed by atoms with Crippen LogP contribution >= 0.6 is 0 Å². The van der Waals surface area contributed by atoms with Crippen LogP contribution in [0, 0.1) is 0 Å². The van der Waals surface area contributed by atoms with E-state index in [1.807, 2.05) is 24.3 Å². The number of hydrogen-bond donors (Lipinski definition) is 0. The standard InChI is InChI=1S/C30H34O4/c1-22-25(20-23-8-14-27(15-9-23)33-29-6-2-4-18-31-29)12-13-26(22)21-24-10-16-28(17-11-24)34-30-7-3-5-19-32-30/h8-11,14-17,20-21,29-30H,1-7,12-13,18-19H2/b25-20+,26-21+. The van der Waals surface area contributed by atoms with Crippen LogP contribution in [0.4, 0.5) is 0 Å². The van der Waals surface area contributed by atoms with E-state index >= 15 is 0 Å². The number of hydrogen-bond acceptors (Lipinski definition) is 4. The minimum Gasteiger partial charge on any atom is -0.465 e. The molecule has 1 aliphatic carbocycles. The van der Waals surface area contributed by atoms with Crippen LogP contribution in [0.25, 0.3) is 12.2 Å². The van der Waals surface area contributed by atoms with E-state index in [0.29, 0.717) is 0 Å². The third-order valence-electron chi connectivity index (χ3n) is 6.69. The Morgan fingerprint density at radius 2 is 1.09 bits per heavy atom. The van der Waals surface area contributed by atoms with Gasteiger partial charge in [-0.2, -0.15) is 0 Å². The molecule has 2 unspecified atom stereocenters. The van der Waals surface area contributed by atoms with Gasteiger partial charge in [0, 0.05) is 12.8 Å². The average Bonchev–Trinajstić information content (AvgIpc) is 3.21. The molecule has 0 spiro atoms. The first-order valence-electron chi connectivity index (χ1n) is 12.6. The number of rotatable bonds is 6. The normalized spacial score (nSPS) is 25.6. The molecular weight excluding hydrogens is 424 g/mol. The summed E-state index contributed by atoms with van der Waals surface area (Å²) in [5.41, 5.74) is 6.06. The lowest BCUT2D eigenvalue weighted by Crippen LogP contribution is -2.24. The molecule has 5 rings (SSSR count). The fourth-order valence-electron chi connectivity index (χ4n) is 4.70. The Balaban J connectivity index is 1.18. The number of ether oxygens (including phenoxy) is 4. The summed E-state index contributed by atoms with van der Waals surface area (Å²) in [5.74, 6) is 1.73. The fraction of sp³-hybridized carbons (Fsp3) is 0.400. The van der Waals surface area contributed by atoms with Gasteiger partial charge < -0.3 is 18.9 Å². The molecule has 2 aromatic carbocycles. The van der Waals surface area contributed by atoms with Gasteiger partial charge in [-0.3, -0.25) is 0 Å². The molecule has 2 heterocycles. The molecular formula is C30H34O4. The summed E-state index contributed by atoms with van der Waals surface area (Å²) in [4.78, 5) is 0. The molecule has 0 aromatic heterocycles. The Morgan fingerprint density at radius 1 is 0.647 bits per heavy atom. The summed E-state index contributed by atoms with van der Waals surface area (Å²) in [6, 6.07) is 16.5. The van der Waals surface area contributed by atoms with Crippen LogP contribution in [0.5, 0.6) is 11.5 Å². The van der Waals surface area contributed by atoms with Gasteiger partial charge in [0.05, 0.1) is 13.2 Å². The lowest BCUT2D eigenvalue weighted by molar-refractivity contribution is -0.106. The van der Waals surface area contributed by atoms with Crippen molar-refractivity contribution >= 4 is 12.2 Å². The summed E-state index contributed by atoms with van der Waals surface area (Å²) >= 11 is 0. The highest BCUT2D eigenvalue weighted by atomic mass is 16.7. The van der Waals surface area contributed by atoms with Crippen LogP contribution in [0.3, 0.4) is 0 Å². The fourth-order valence-corrected chi connectivity index (χ4v) is 4.70. The predicted octanol–water partition coefficient (Wildman–Crippen LogP) is 7.31. The van der Waals surface area contributed by atoms with Crippen LogP contribution in [-0.4, -0.2) is 25.8 Å². The molecule has 34 heavy (non-hydrogen) atoms. The quantitative estimate of drug-likeness (QED) is 0.455. The van der Waals surface area contributed by atoms with Crippen molar-refractivity contribution in [3.63, 3.8) is 0 Å². The molecule has 2 aliphatic heterocycles. The summed E-state index contributed by atoms with van der Waals surface area (Å²) in [5, 5.41) is 0. The lowest BCUT2D eigenvalue weighted by Gasteiger charge is -2.23. The molecule has 4 heteroatoms. The van der Waals surface area contributed by atoms with Crippen LogP contribution in [0.1, 0.15) is 62.5 Å². The number of benzene rings is 2. The molecule has 178 valence electrons. The minimum atomic E-state index is -0.110. The van der Waals surface area contributed by atoms with Gasteiger partial charge in [-0.1, -0.05) is 43.0 Å². The van der Waals surface area contributed by atoms with E-state index in [4.69, 9.17) is 18.9 Å². The van der Waals surface area contributed by atoms with E-state index in [-0.39, 0.29) is 12.6 Å². The lowest BCUT2D eigenvalue weighted by atomic mass is 10.0. The Hall–Kier alpha value is -2.82. The predicted molar refractivity (Wildman–Crippen MR) is 136 cm³/mol. The van der Waals surface area contributed by atoms with E-state index in [1.54, 1.807) is 0 Å². The summed E-state index contributed by atoms with van der Waals surface area (Å²) in [6.07, 6.45) is 12.8. The third-order valence-corrected chi connectivity index (χ3v) is 6.69. The first kappa shape index (κ1) is 22.9. The monoisotopic (exact) mass is 458 g/mol. The van der Waals surface area contributed by atoms with Gasteiger partial charge >= 0.3 is 0 Å². The van der Waals surface area contributed by atoms with Crippen LogP contribution in [0.15, 0.2) is 71.8 Å². The van der Waals surface area contributed by atoms with E-state index in [1.165, 1.54) is 35.1 Å². The largest absolute Gasteiger partial charge is 0.465 e. The molecule has 4 nitrogen and oxygen atoms in total. The second kappa shape index (κ2) is 11.1. The van der Waals surface area contributed by atoms with Gasteiger partial charge in [-0.05, 0) is 90.6 Å². The maximum Gasteiger partial charge on any atom is 0.199 e. The average molecular weight is 459 g/mol. The molecule has 0 amide bonds. The molecule has 0 N–H and O–H groups in total. The highest BCUT2D eigenvalue weighted by Gasteiger charge is 2.18. The van der Waals surface area contributed by atoms with E-state index in [9.17, 15) is 0 Å². The smallest absolute Gasteiger partial charge is 0.199 e. The topological polar surface area (TPSA) is 36.9 Å². The minimum absolute atomic E-state index is 0.110. The molecule has 0 radical (unpaired) electrons. The molecule has 2 aromatic rings. The van der Waals surface area contributed by atoms with Gasteiger partial charge in [-0.25, -0.2) is 0 Å². The van der Waals surface area contributed by atoms with Crippen LogP contribution in [0.2, 0.25) is 0 Å². The van der Waals surface area contributed by atoms with Gasteiger partial charge in [0.15, 0.2) is 12.6 Å². The molecule has 0 bridgehead atoms. The Kier molecular flexibility index (Phi) is 7.47. The molecule has 2 atom stereocenters. The van der Waals surface area contributed by atoms with Crippen molar-refractivity contribution < 1.29 is 18.9 Å². The van der Waals surface area contributed by atoms with Crippen LogP contribution in [-0.2, 0) is 9.47 Å². The SMILES string of the molecule is C=C1/C(=C/c2ccc(OC3CCCCO3)cc2)CC/C1=C\c1ccc(OC2CCCCO2)cc1. The third kappa shape index (κ3) is 5.99. The summed E-state index contributed by atoms with van der Waals surface area (Å²) in [6.45, 7) is 5.96. The second-order valence-electron chi connectivity index (χ2n) is 9.28. The molecule has 2 saturated heterocycles. The van der Waals surface area contributed by atoms with Crippen molar-refractivity contribution in [2.24, 2.45) is 0 Å². The van der Waals surface area contributed by atoms with E-state index in [2.05, 4.69) is 43.0 Å². The van der Waals surface area contributed by atoms with Crippen molar-refractivity contribution in [3.05, 3.63) is 83.0 Å². The maximum atomic E-state index is 5.95. The van der Waals surface area contributed by atoms with Gasteiger partial charge in [0.2, 0.25) is 0 Å². The van der Waals surface area contributed by atoms with Crippen molar-refractivity contribution in [1.29, 1.82) is 0 Å². The first-order valence-corrected chi connectivity index (χ1v) is 12.6. The highest BCUT2D eigenvalue weighted by molar-refractivity contribution is 5.70. The molecule has 3 fully saturated rings. The Morgan fingerprint density at radius 3 is 1.47 bits per heavy atom. The van der Waals surface area contributed by atoms with Gasteiger partial charge in [0.1, 0.15) is 11.5 Å². The zero-order valence-electron chi connectivity index (χ0n) is 19.8. The zero-order chi connectivity index (χ0) is 23.2. The van der Waals surface area contributed by atoms with Crippen molar-refractivity contribution in [1.82, 2.24) is 0 Å². The van der Waals surface area contributed by atoms with Crippen molar-refractivity contribution in [2.75, 3.05) is 13.2 Å². The van der Waals surface area contributed by atoms with E-state index < -0.39 is 0 Å². The maximum absolute atomic E-state index is 5.95. The van der Waals surface area contributed by atoms with E-state index in [0.717, 1.165) is 68.8 Å². The summed E-state index contributed by atoms with van der Waals surface area (Å²) in [7, 11) is 0. The first-order chi connectivity index (χ1) is 16.7. The Labute approximate surface area is 202 Å². The van der Waals surface area contributed by atoms with Gasteiger partial charge in [0.25, 0.3) is 0 Å². The summed E-state index contributed by atoms with van der Waals surface area (Å²) < 4.78 is 23.2. The van der Waals surface area contributed by atoms with Crippen LogP contribution < -0.4 is 9.47 Å². The number of allylic oxidation sites excluding steroid dienone is 3. The highest BCUT2D eigenvalue weighted by Crippen LogP contribution is 2.37. The molecule has 1 saturated carbocycles. The Bertz CT molecular complexity index is 937. The zero-order valence-corrected chi connectivity index (χ0v) is 19.8. The second-order valence-corrected chi connectivity index (χ2v) is 9.28.